The van der Waals surface area contributed by atoms with Gasteiger partial charge in [-0.15, -0.1) is 0 Å². The summed E-state index contributed by atoms with van der Waals surface area (Å²) >= 11 is 0. The third-order valence-electron chi connectivity index (χ3n) is 3.88. The Morgan fingerprint density at radius 1 is 0.909 bits per heavy atom. The molecule has 0 aliphatic rings. The second-order valence-corrected chi connectivity index (χ2v) is 5.16. The first-order chi connectivity index (χ1) is 10.7. The number of carbonyl (C=O) groups is 1. The molecule has 0 aliphatic carbocycles. The molecule has 0 aliphatic heterocycles. The third-order valence-corrected chi connectivity index (χ3v) is 3.88. The summed E-state index contributed by atoms with van der Waals surface area (Å²) < 4.78 is 0. The molecule has 1 N–H and O–H groups in total. The van der Waals surface area contributed by atoms with E-state index in [-0.39, 0.29) is 5.91 Å². The predicted molar refractivity (Wildman–Crippen MR) is 92.8 cm³/mol. The topological polar surface area (TPSA) is 32.3 Å². The van der Waals surface area contributed by atoms with E-state index in [0.717, 1.165) is 36.4 Å². The molecular weight excluding hydrogens is 272 g/mol. The lowest BCUT2D eigenvalue weighted by atomic mass is 10.1. The van der Waals surface area contributed by atoms with E-state index in [9.17, 15) is 4.79 Å². The van der Waals surface area contributed by atoms with Gasteiger partial charge in [0.15, 0.2) is 0 Å². The van der Waals surface area contributed by atoms with Crippen LogP contribution in [0, 0.1) is 0 Å². The molecule has 0 bridgehead atoms. The predicted octanol–water partition coefficient (Wildman–Crippen LogP) is 4.47. The summed E-state index contributed by atoms with van der Waals surface area (Å²) in [6, 6.07) is 15.9. The Morgan fingerprint density at radius 2 is 1.50 bits per heavy atom. The summed E-state index contributed by atoms with van der Waals surface area (Å²) in [5.41, 5.74) is 3.88. The number of anilines is 2. The van der Waals surface area contributed by atoms with E-state index in [1.165, 1.54) is 5.56 Å². The van der Waals surface area contributed by atoms with Crippen molar-refractivity contribution in [1.82, 2.24) is 4.90 Å². The van der Waals surface area contributed by atoms with Gasteiger partial charge < -0.3 is 10.2 Å². The van der Waals surface area contributed by atoms with Crippen LogP contribution in [0.1, 0.15) is 36.7 Å². The molecule has 3 heteroatoms. The molecule has 2 aromatic rings. The highest BCUT2D eigenvalue weighted by molar-refractivity contribution is 6.00. The second-order valence-electron chi connectivity index (χ2n) is 5.16. The van der Waals surface area contributed by atoms with Gasteiger partial charge in [-0.2, -0.15) is 0 Å². The first-order valence-electron chi connectivity index (χ1n) is 7.94. The van der Waals surface area contributed by atoms with Crippen LogP contribution in [-0.4, -0.2) is 23.9 Å². The summed E-state index contributed by atoms with van der Waals surface area (Å²) in [5, 5.41) is 3.43. The Labute approximate surface area is 133 Å². The zero-order valence-electron chi connectivity index (χ0n) is 13.6. The zero-order chi connectivity index (χ0) is 15.9. The van der Waals surface area contributed by atoms with Crippen molar-refractivity contribution >= 4 is 17.3 Å². The first kappa shape index (κ1) is 16.1. The van der Waals surface area contributed by atoms with Crippen molar-refractivity contribution in [3.63, 3.8) is 0 Å². The maximum absolute atomic E-state index is 12.7. The summed E-state index contributed by atoms with van der Waals surface area (Å²) in [6.45, 7) is 7.57. The average molecular weight is 296 g/mol. The van der Waals surface area contributed by atoms with E-state index >= 15 is 0 Å². The van der Waals surface area contributed by atoms with Gasteiger partial charge in [-0.05, 0) is 44.0 Å². The van der Waals surface area contributed by atoms with Crippen molar-refractivity contribution in [2.45, 2.75) is 27.2 Å². The highest BCUT2D eigenvalue weighted by atomic mass is 16.2. The number of rotatable bonds is 6. The fourth-order valence-electron chi connectivity index (χ4n) is 2.56. The van der Waals surface area contributed by atoms with Crippen LogP contribution >= 0.6 is 0 Å². The van der Waals surface area contributed by atoms with E-state index in [1.54, 1.807) is 0 Å². The molecule has 1 amide bonds. The van der Waals surface area contributed by atoms with Gasteiger partial charge in [-0.3, -0.25) is 4.79 Å². The van der Waals surface area contributed by atoms with Crippen molar-refractivity contribution in [3.05, 3.63) is 59.7 Å². The molecular formula is C19H24N2O. The molecule has 0 aromatic heterocycles. The van der Waals surface area contributed by atoms with Crippen molar-refractivity contribution < 1.29 is 4.79 Å². The van der Waals surface area contributed by atoms with Crippen LogP contribution in [0.3, 0.4) is 0 Å². The van der Waals surface area contributed by atoms with Gasteiger partial charge in [0, 0.05) is 18.8 Å². The molecule has 0 saturated carbocycles. The smallest absolute Gasteiger partial charge is 0.255 e. The number of nitrogens with zero attached hydrogens (tertiary/aromatic N) is 1. The van der Waals surface area contributed by atoms with Crippen LogP contribution in [0.4, 0.5) is 11.4 Å². The van der Waals surface area contributed by atoms with Crippen LogP contribution in [0.15, 0.2) is 48.5 Å². The van der Waals surface area contributed by atoms with Gasteiger partial charge in [-0.1, -0.05) is 37.3 Å². The van der Waals surface area contributed by atoms with Crippen LogP contribution in [0.2, 0.25) is 0 Å². The summed E-state index contributed by atoms with van der Waals surface area (Å²) in [4.78, 5) is 14.5. The summed E-state index contributed by atoms with van der Waals surface area (Å²) in [7, 11) is 0. The number of amides is 1. The van der Waals surface area contributed by atoms with E-state index in [4.69, 9.17) is 0 Å². The summed E-state index contributed by atoms with van der Waals surface area (Å²) in [6.07, 6.45) is 0.954. The fourth-order valence-corrected chi connectivity index (χ4v) is 2.56. The van der Waals surface area contributed by atoms with Crippen LogP contribution in [-0.2, 0) is 6.42 Å². The Bertz CT molecular complexity index is 633. The highest BCUT2D eigenvalue weighted by Crippen LogP contribution is 2.25. The maximum atomic E-state index is 12.7. The quantitative estimate of drug-likeness (QED) is 0.852. The van der Waals surface area contributed by atoms with Gasteiger partial charge in [0.05, 0.1) is 11.3 Å². The van der Waals surface area contributed by atoms with E-state index < -0.39 is 0 Å². The molecule has 2 rings (SSSR count). The number of benzene rings is 2. The molecule has 0 radical (unpaired) electrons. The standard InChI is InChI=1S/C19H24N2O/c1-4-15-11-7-9-13-17(15)20-18-14-10-8-12-16(18)19(22)21(5-2)6-3/h7-14,20H,4-6H2,1-3H3. The Morgan fingerprint density at radius 3 is 2.14 bits per heavy atom. The van der Waals surface area contributed by atoms with Crippen molar-refractivity contribution in [1.29, 1.82) is 0 Å². The van der Waals surface area contributed by atoms with Crippen molar-refractivity contribution in [2.24, 2.45) is 0 Å². The van der Waals surface area contributed by atoms with Gasteiger partial charge in [0.25, 0.3) is 5.91 Å². The summed E-state index contributed by atoms with van der Waals surface area (Å²) in [5.74, 6) is 0.0714. The highest BCUT2D eigenvalue weighted by Gasteiger charge is 2.16. The molecule has 116 valence electrons. The molecule has 22 heavy (non-hydrogen) atoms. The van der Waals surface area contributed by atoms with Gasteiger partial charge in [0.1, 0.15) is 0 Å². The van der Waals surface area contributed by atoms with Crippen molar-refractivity contribution in [3.8, 4) is 0 Å². The lowest BCUT2D eigenvalue weighted by molar-refractivity contribution is 0.0774. The van der Waals surface area contributed by atoms with E-state index in [2.05, 4.69) is 24.4 Å². The minimum absolute atomic E-state index is 0.0714. The van der Waals surface area contributed by atoms with Crippen LogP contribution < -0.4 is 5.32 Å². The zero-order valence-corrected chi connectivity index (χ0v) is 13.6. The van der Waals surface area contributed by atoms with Crippen LogP contribution in [0.25, 0.3) is 0 Å². The van der Waals surface area contributed by atoms with Crippen LogP contribution in [0.5, 0.6) is 0 Å². The SMILES string of the molecule is CCc1ccccc1Nc1ccccc1C(=O)N(CC)CC. The fraction of sp³-hybridized carbons (Fsp3) is 0.316. The molecule has 3 nitrogen and oxygen atoms in total. The van der Waals surface area contributed by atoms with E-state index in [1.807, 2.05) is 55.1 Å². The second kappa shape index (κ2) is 7.64. The number of aryl methyl sites for hydroxylation is 1. The normalized spacial score (nSPS) is 10.3. The Balaban J connectivity index is 2.34. The van der Waals surface area contributed by atoms with Gasteiger partial charge >= 0.3 is 0 Å². The molecule has 0 heterocycles. The Hall–Kier alpha value is -2.29. The number of hydrogen-bond donors (Lipinski definition) is 1. The number of para-hydroxylation sites is 2. The third kappa shape index (κ3) is 3.48. The Kier molecular flexibility index (Phi) is 5.59. The number of nitrogens with one attached hydrogen (secondary N) is 1. The van der Waals surface area contributed by atoms with Gasteiger partial charge in [-0.25, -0.2) is 0 Å². The maximum Gasteiger partial charge on any atom is 0.255 e. The molecule has 2 aromatic carbocycles. The lowest BCUT2D eigenvalue weighted by Gasteiger charge is -2.21. The minimum Gasteiger partial charge on any atom is -0.355 e. The molecule has 0 unspecified atom stereocenters. The average Bonchev–Trinajstić information content (AvgIpc) is 2.57. The van der Waals surface area contributed by atoms with E-state index in [0.29, 0.717) is 0 Å². The molecule has 0 fully saturated rings. The lowest BCUT2D eigenvalue weighted by Crippen LogP contribution is -2.30. The van der Waals surface area contributed by atoms with Crippen molar-refractivity contribution in [2.75, 3.05) is 18.4 Å². The monoisotopic (exact) mass is 296 g/mol. The largest absolute Gasteiger partial charge is 0.355 e. The number of hydrogen-bond acceptors (Lipinski definition) is 2. The molecule has 0 atom stereocenters. The molecule has 0 spiro atoms. The number of carbonyl (C=O) groups excluding carboxylic acids is 1. The minimum atomic E-state index is 0.0714. The molecule has 0 saturated heterocycles. The van der Waals surface area contributed by atoms with Gasteiger partial charge in [0.2, 0.25) is 0 Å². The first-order valence-corrected chi connectivity index (χ1v) is 7.94.